The summed E-state index contributed by atoms with van der Waals surface area (Å²) in [6.07, 6.45) is 3.46. The average molecular weight is 345 g/mol. The molecule has 7 heteroatoms. The second-order valence-corrected chi connectivity index (χ2v) is 5.28. The van der Waals surface area contributed by atoms with Crippen LogP contribution in [0, 0.1) is 0 Å². The fourth-order valence-corrected chi connectivity index (χ4v) is 2.48. The van der Waals surface area contributed by atoms with Gasteiger partial charge in [-0.25, -0.2) is 9.97 Å². The Balaban J connectivity index is 1.71. The van der Waals surface area contributed by atoms with Crippen molar-refractivity contribution in [3.8, 4) is 34.1 Å². The van der Waals surface area contributed by atoms with Crippen LogP contribution in [0.1, 0.15) is 0 Å². The topological polar surface area (TPSA) is 72.9 Å². The van der Waals surface area contributed by atoms with E-state index in [1.54, 1.807) is 12.4 Å². The van der Waals surface area contributed by atoms with Gasteiger partial charge in [-0.3, -0.25) is 5.10 Å². The van der Waals surface area contributed by atoms with Crippen molar-refractivity contribution >= 4 is 15.9 Å². The van der Waals surface area contributed by atoms with Crippen LogP contribution in [0.3, 0.4) is 0 Å². The Bertz CT molecular complexity index is 818. The molecule has 0 bridgehead atoms. The van der Waals surface area contributed by atoms with E-state index in [2.05, 4.69) is 36.1 Å². The van der Waals surface area contributed by atoms with Crippen LogP contribution in [0.2, 0.25) is 0 Å². The van der Waals surface area contributed by atoms with Crippen molar-refractivity contribution in [3.05, 3.63) is 41.3 Å². The van der Waals surface area contributed by atoms with E-state index in [9.17, 15) is 0 Å². The number of pyridine rings is 2. The van der Waals surface area contributed by atoms with Crippen LogP contribution in [0.4, 0.5) is 0 Å². The molecule has 0 saturated heterocycles. The number of aromatic amines is 1. The van der Waals surface area contributed by atoms with E-state index in [4.69, 9.17) is 9.47 Å². The summed E-state index contributed by atoms with van der Waals surface area (Å²) in [6, 6.07) is 7.67. The summed E-state index contributed by atoms with van der Waals surface area (Å²) in [5.41, 5.74) is 3.58. The van der Waals surface area contributed by atoms with Gasteiger partial charge in [0.1, 0.15) is 4.60 Å². The molecule has 4 rings (SSSR count). The Morgan fingerprint density at radius 1 is 1.10 bits per heavy atom. The summed E-state index contributed by atoms with van der Waals surface area (Å²) in [5.74, 6) is 1.16. The molecule has 21 heavy (non-hydrogen) atoms. The molecule has 3 aromatic rings. The lowest BCUT2D eigenvalue weighted by Gasteiger charge is -1.98. The third-order valence-corrected chi connectivity index (χ3v) is 3.57. The Kier molecular flexibility index (Phi) is 2.85. The lowest BCUT2D eigenvalue weighted by Crippen LogP contribution is -1.93. The third-order valence-electron chi connectivity index (χ3n) is 3.14. The largest absolute Gasteiger partial charge is 0.452 e. The van der Waals surface area contributed by atoms with Crippen LogP contribution in [-0.2, 0) is 0 Å². The van der Waals surface area contributed by atoms with E-state index in [1.165, 1.54) is 0 Å². The molecular formula is C14H9BrN4O2. The third kappa shape index (κ3) is 2.25. The molecule has 1 N–H and O–H groups in total. The maximum absolute atomic E-state index is 5.33. The minimum absolute atomic E-state index is 0.211. The Hall–Kier alpha value is -2.41. The number of fused-ring (bicyclic) bond motifs is 1. The summed E-state index contributed by atoms with van der Waals surface area (Å²) >= 11 is 3.36. The molecule has 0 spiro atoms. The predicted octanol–water partition coefficient (Wildman–Crippen LogP) is 3.02. The summed E-state index contributed by atoms with van der Waals surface area (Å²) in [4.78, 5) is 8.32. The number of nitrogens with zero attached hydrogens (tertiary/aromatic N) is 3. The summed E-state index contributed by atoms with van der Waals surface area (Å²) < 4.78 is 11.3. The Labute approximate surface area is 128 Å². The summed E-state index contributed by atoms with van der Waals surface area (Å²) in [5, 5.41) is 7.34. The standard InChI is InChI=1S/C14H9BrN4O2/c15-13-4-8(1-2-16-13)10-5-11(19-18-10)9-3-12-14(17-6-9)21-7-20-12/h1-6H,7H2,(H,18,19). The zero-order chi connectivity index (χ0) is 14.2. The average Bonchev–Trinajstić information content (AvgIpc) is 3.15. The lowest BCUT2D eigenvalue weighted by molar-refractivity contribution is 0.171. The molecule has 0 saturated carbocycles. The number of hydrogen-bond acceptors (Lipinski definition) is 5. The van der Waals surface area contributed by atoms with Gasteiger partial charge in [0.15, 0.2) is 5.75 Å². The fraction of sp³-hybridized carbons (Fsp3) is 0.0714. The molecule has 0 atom stereocenters. The van der Waals surface area contributed by atoms with Crippen molar-refractivity contribution in [2.75, 3.05) is 6.79 Å². The van der Waals surface area contributed by atoms with E-state index in [-0.39, 0.29) is 6.79 Å². The second kappa shape index (κ2) is 4.85. The van der Waals surface area contributed by atoms with Crippen LogP contribution in [-0.4, -0.2) is 27.0 Å². The molecule has 6 nitrogen and oxygen atoms in total. The maximum atomic E-state index is 5.33. The van der Waals surface area contributed by atoms with Crippen molar-refractivity contribution in [1.82, 2.24) is 20.2 Å². The predicted molar refractivity (Wildman–Crippen MR) is 78.9 cm³/mol. The molecule has 3 aromatic heterocycles. The highest BCUT2D eigenvalue weighted by molar-refractivity contribution is 9.10. The molecule has 0 aliphatic carbocycles. The van der Waals surface area contributed by atoms with Crippen LogP contribution >= 0.6 is 15.9 Å². The highest BCUT2D eigenvalue weighted by atomic mass is 79.9. The van der Waals surface area contributed by atoms with Crippen molar-refractivity contribution < 1.29 is 9.47 Å². The Morgan fingerprint density at radius 2 is 2.05 bits per heavy atom. The van der Waals surface area contributed by atoms with Gasteiger partial charge in [0.25, 0.3) is 5.88 Å². The fourth-order valence-electron chi connectivity index (χ4n) is 2.12. The first-order chi connectivity index (χ1) is 10.3. The second-order valence-electron chi connectivity index (χ2n) is 4.47. The Morgan fingerprint density at radius 3 is 2.95 bits per heavy atom. The van der Waals surface area contributed by atoms with Gasteiger partial charge in [0, 0.05) is 23.5 Å². The van der Waals surface area contributed by atoms with E-state index < -0.39 is 0 Å². The van der Waals surface area contributed by atoms with Gasteiger partial charge in [0.2, 0.25) is 6.79 Å². The van der Waals surface area contributed by atoms with Crippen molar-refractivity contribution in [3.63, 3.8) is 0 Å². The first kappa shape index (κ1) is 12.3. The van der Waals surface area contributed by atoms with Crippen molar-refractivity contribution in [2.45, 2.75) is 0 Å². The van der Waals surface area contributed by atoms with Gasteiger partial charge in [0.05, 0.1) is 11.4 Å². The van der Waals surface area contributed by atoms with Gasteiger partial charge in [-0.05, 0) is 40.2 Å². The molecule has 1 aliphatic heterocycles. The smallest absolute Gasteiger partial charge is 0.260 e. The highest BCUT2D eigenvalue weighted by Gasteiger charge is 2.16. The molecule has 104 valence electrons. The number of aromatic nitrogens is 4. The van der Waals surface area contributed by atoms with Crippen molar-refractivity contribution in [1.29, 1.82) is 0 Å². The maximum Gasteiger partial charge on any atom is 0.260 e. The van der Waals surface area contributed by atoms with E-state index in [1.807, 2.05) is 24.3 Å². The molecule has 0 fully saturated rings. The van der Waals surface area contributed by atoms with Gasteiger partial charge in [-0.1, -0.05) is 0 Å². The zero-order valence-corrected chi connectivity index (χ0v) is 12.3. The normalized spacial score (nSPS) is 12.6. The molecule has 0 amide bonds. The quantitative estimate of drug-likeness (QED) is 0.723. The van der Waals surface area contributed by atoms with Gasteiger partial charge in [-0.15, -0.1) is 0 Å². The van der Waals surface area contributed by atoms with E-state index in [0.717, 1.165) is 27.1 Å². The van der Waals surface area contributed by atoms with E-state index in [0.29, 0.717) is 11.6 Å². The molecule has 0 radical (unpaired) electrons. The monoisotopic (exact) mass is 344 g/mol. The number of halogens is 1. The van der Waals surface area contributed by atoms with E-state index >= 15 is 0 Å². The summed E-state index contributed by atoms with van der Waals surface area (Å²) in [6.45, 7) is 0.211. The SMILES string of the molecule is Brc1cc(-c2cc(-c3cnc4c(c3)OCO4)n[nH]2)ccn1. The van der Waals surface area contributed by atoms with Gasteiger partial charge >= 0.3 is 0 Å². The van der Waals surface area contributed by atoms with Crippen LogP contribution < -0.4 is 9.47 Å². The highest BCUT2D eigenvalue weighted by Crippen LogP contribution is 2.33. The molecule has 0 unspecified atom stereocenters. The van der Waals surface area contributed by atoms with Crippen molar-refractivity contribution in [2.24, 2.45) is 0 Å². The lowest BCUT2D eigenvalue weighted by atomic mass is 10.1. The first-order valence-electron chi connectivity index (χ1n) is 6.23. The van der Waals surface area contributed by atoms with Gasteiger partial charge in [-0.2, -0.15) is 5.10 Å². The molecule has 0 aromatic carbocycles. The molecule has 4 heterocycles. The zero-order valence-electron chi connectivity index (χ0n) is 10.7. The number of H-pyrrole nitrogens is 1. The minimum Gasteiger partial charge on any atom is -0.452 e. The number of ether oxygens (including phenoxy) is 2. The van der Waals surface area contributed by atoms with Gasteiger partial charge < -0.3 is 9.47 Å². The van der Waals surface area contributed by atoms with Crippen LogP contribution in [0.15, 0.2) is 41.3 Å². The number of rotatable bonds is 2. The van der Waals surface area contributed by atoms with Crippen LogP contribution in [0.25, 0.3) is 22.5 Å². The molecular weight excluding hydrogens is 336 g/mol. The number of nitrogens with one attached hydrogen (secondary N) is 1. The first-order valence-corrected chi connectivity index (χ1v) is 7.02. The van der Waals surface area contributed by atoms with Crippen LogP contribution in [0.5, 0.6) is 11.6 Å². The molecule has 1 aliphatic rings. The number of hydrogen-bond donors (Lipinski definition) is 1. The minimum atomic E-state index is 0.211. The summed E-state index contributed by atoms with van der Waals surface area (Å²) in [7, 11) is 0.